The van der Waals surface area contributed by atoms with Crippen molar-refractivity contribution in [3.05, 3.63) is 88.7 Å². The summed E-state index contributed by atoms with van der Waals surface area (Å²) >= 11 is 0. The lowest BCUT2D eigenvalue weighted by molar-refractivity contribution is -0.385. The first kappa shape index (κ1) is 20.5. The summed E-state index contributed by atoms with van der Waals surface area (Å²) in [6, 6.07) is 19.2. The predicted octanol–water partition coefficient (Wildman–Crippen LogP) is 4.10. The third-order valence-electron chi connectivity index (χ3n) is 4.57. The monoisotopic (exact) mass is 431 g/mol. The number of methoxy groups -OCH3 is 1. The van der Waals surface area contributed by atoms with Crippen molar-refractivity contribution >= 4 is 28.2 Å². The zero-order valence-electron chi connectivity index (χ0n) is 16.8. The highest BCUT2D eigenvalue weighted by atomic mass is 16.6. The van der Waals surface area contributed by atoms with Gasteiger partial charge in [0.25, 0.3) is 5.91 Å². The second kappa shape index (κ2) is 8.96. The number of nitrogens with one attached hydrogen (secondary N) is 2. The van der Waals surface area contributed by atoms with Crippen LogP contribution in [0.15, 0.2) is 73.1 Å². The summed E-state index contributed by atoms with van der Waals surface area (Å²) in [4.78, 5) is 31.2. The Morgan fingerprint density at radius 3 is 2.50 bits per heavy atom. The minimum atomic E-state index is -0.678. The van der Waals surface area contributed by atoms with Gasteiger partial charge in [-0.05, 0) is 35.7 Å². The van der Waals surface area contributed by atoms with Crippen LogP contribution < -0.4 is 20.3 Å². The molecule has 1 heterocycles. The SMILES string of the molecule is COc1ccc(C(=O)NNc2ncnc(Oc3cccc4ccccc34)c2[N+](=O)[O-])cc1. The van der Waals surface area contributed by atoms with E-state index in [1.807, 2.05) is 30.3 Å². The van der Waals surface area contributed by atoms with Crippen molar-refractivity contribution in [1.82, 2.24) is 15.4 Å². The summed E-state index contributed by atoms with van der Waals surface area (Å²) in [5.74, 6) is -0.00368. The number of carbonyl (C=O) groups excluding carboxylic acids is 1. The molecular weight excluding hydrogens is 414 g/mol. The molecule has 4 aromatic rings. The van der Waals surface area contributed by atoms with Crippen molar-refractivity contribution in [3.63, 3.8) is 0 Å². The molecule has 4 rings (SSSR count). The molecule has 10 nitrogen and oxygen atoms in total. The van der Waals surface area contributed by atoms with Gasteiger partial charge in [0.15, 0.2) is 0 Å². The quantitative estimate of drug-likeness (QED) is 0.331. The average Bonchev–Trinajstić information content (AvgIpc) is 2.82. The van der Waals surface area contributed by atoms with Gasteiger partial charge < -0.3 is 9.47 Å². The van der Waals surface area contributed by atoms with Gasteiger partial charge >= 0.3 is 11.6 Å². The van der Waals surface area contributed by atoms with E-state index in [-0.39, 0.29) is 11.7 Å². The minimum Gasteiger partial charge on any atom is -0.497 e. The molecule has 1 aromatic heterocycles. The maximum absolute atomic E-state index is 12.4. The molecule has 0 bridgehead atoms. The third kappa shape index (κ3) is 4.24. The lowest BCUT2D eigenvalue weighted by Gasteiger charge is -2.11. The van der Waals surface area contributed by atoms with Crippen LogP contribution >= 0.6 is 0 Å². The zero-order chi connectivity index (χ0) is 22.5. The Morgan fingerprint density at radius 1 is 1.00 bits per heavy atom. The first-order valence-electron chi connectivity index (χ1n) is 9.42. The fraction of sp³-hybridized carbons (Fsp3) is 0.0455. The second-order valence-electron chi connectivity index (χ2n) is 6.52. The second-order valence-corrected chi connectivity index (χ2v) is 6.52. The highest BCUT2D eigenvalue weighted by molar-refractivity contribution is 5.95. The van der Waals surface area contributed by atoms with Crippen LogP contribution in [0.25, 0.3) is 10.8 Å². The van der Waals surface area contributed by atoms with Gasteiger partial charge in [-0.3, -0.25) is 25.8 Å². The Morgan fingerprint density at radius 2 is 1.75 bits per heavy atom. The number of fused-ring (bicyclic) bond motifs is 1. The van der Waals surface area contributed by atoms with Crippen molar-refractivity contribution in [3.8, 4) is 17.4 Å². The molecule has 32 heavy (non-hydrogen) atoms. The molecule has 3 aromatic carbocycles. The molecule has 0 saturated heterocycles. The molecular formula is C22H17N5O5. The van der Waals surface area contributed by atoms with E-state index in [1.165, 1.54) is 7.11 Å². The van der Waals surface area contributed by atoms with Gasteiger partial charge in [-0.1, -0.05) is 36.4 Å². The summed E-state index contributed by atoms with van der Waals surface area (Å²) in [6.07, 6.45) is 1.11. The lowest BCUT2D eigenvalue weighted by Crippen LogP contribution is -2.30. The fourth-order valence-electron chi connectivity index (χ4n) is 3.01. The molecule has 0 spiro atoms. The first-order valence-corrected chi connectivity index (χ1v) is 9.42. The van der Waals surface area contributed by atoms with E-state index in [4.69, 9.17) is 9.47 Å². The van der Waals surface area contributed by atoms with Gasteiger partial charge in [-0.25, -0.2) is 4.98 Å². The maximum Gasteiger partial charge on any atom is 0.374 e. The number of nitro groups is 1. The van der Waals surface area contributed by atoms with E-state index in [0.29, 0.717) is 17.1 Å². The first-order chi connectivity index (χ1) is 15.6. The molecule has 10 heteroatoms. The van der Waals surface area contributed by atoms with Crippen LogP contribution in [-0.4, -0.2) is 27.9 Å². The number of anilines is 1. The summed E-state index contributed by atoms with van der Waals surface area (Å²) < 4.78 is 10.8. The van der Waals surface area contributed by atoms with Gasteiger partial charge in [0, 0.05) is 10.9 Å². The Balaban J connectivity index is 1.59. The van der Waals surface area contributed by atoms with Crippen LogP contribution in [-0.2, 0) is 0 Å². The van der Waals surface area contributed by atoms with Crippen molar-refractivity contribution in [2.24, 2.45) is 0 Å². The normalized spacial score (nSPS) is 10.4. The number of hydrazine groups is 1. The molecule has 0 aliphatic heterocycles. The number of ether oxygens (including phenoxy) is 2. The van der Waals surface area contributed by atoms with E-state index in [2.05, 4.69) is 20.8 Å². The molecule has 160 valence electrons. The molecule has 1 amide bonds. The molecule has 0 unspecified atom stereocenters. The smallest absolute Gasteiger partial charge is 0.374 e. The van der Waals surface area contributed by atoms with E-state index in [9.17, 15) is 14.9 Å². The van der Waals surface area contributed by atoms with Crippen LogP contribution in [0, 0.1) is 10.1 Å². The molecule has 0 fully saturated rings. The molecule has 0 atom stereocenters. The standard InChI is InChI=1S/C22H17N5O5/c1-31-16-11-9-15(10-12-16)21(28)26-25-20-19(27(29)30)22(24-13-23-20)32-18-8-4-6-14-5-2-3-7-17(14)18/h2-13H,1H3,(H,26,28)(H,23,24,25). The van der Waals surface area contributed by atoms with Crippen LogP contribution in [0.3, 0.4) is 0 Å². The molecule has 0 aliphatic carbocycles. The van der Waals surface area contributed by atoms with Gasteiger partial charge in [-0.15, -0.1) is 0 Å². The Labute approximate surface area is 182 Å². The Bertz CT molecular complexity index is 1290. The number of hydrogen-bond acceptors (Lipinski definition) is 8. The summed E-state index contributed by atoms with van der Waals surface area (Å²) in [6.45, 7) is 0. The Kier molecular flexibility index (Phi) is 5.75. The fourth-order valence-corrected chi connectivity index (χ4v) is 3.01. The number of carbonyl (C=O) groups is 1. The molecule has 0 aliphatic rings. The van der Waals surface area contributed by atoms with E-state index < -0.39 is 16.5 Å². The predicted molar refractivity (Wildman–Crippen MR) is 117 cm³/mol. The van der Waals surface area contributed by atoms with Crippen molar-refractivity contribution in [2.75, 3.05) is 12.5 Å². The Hall–Kier alpha value is -4.73. The number of nitrogens with zero attached hydrogens (tertiary/aromatic N) is 3. The van der Waals surface area contributed by atoms with Crippen LogP contribution in [0.5, 0.6) is 17.4 Å². The minimum absolute atomic E-state index is 0.220. The number of hydrogen-bond donors (Lipinski definition) is 2. The van der Waals surface area contributed by atoms with Gasteiger partial charge in [0.05, 0.1) is 12.0 Å². The number of benzene rings is 3. The summed E-state index contributed by atoms with van der Waals surface area (Å²) in [5.41, 5.74) is 4.67. The largest absolute Gasteiger partial charge is 0.497 e. The van der Waals surface area contributed by atoms with Crippen molar-refractivity contribution in [2.45, 2.75) is 0 Å². The van der Waals surface area contributed by atoms with Crippen LogP contribution in [0.1, 0.15) is 10.4 Å². The van der Waals surface area contributed by atoms with Gasteiger partial charge in [-0.2, -0.15) is 4.98 Å². The van der Waals surface area contributed by atoms with Gasteiger partial charge in [0.2, 0.25) is 5.82 Å². The average molecular weight is 431 g/mol. The number of amides is 1. The van der Waals surface area contributed by atoms with Gasteiger partial charge in [0.1, 0.15) is 17.8 Å². The maximum atomic E-state index is 12.4. The summed E-state index contributed by atoms with van der Waals surface area (Å²) in [5, 5.41) is 13.4. The topological polar surface area (TPSA) is 129 Å². The van der Waals surface area contributed by atoms with Crippen molar-refractivity contribution in [1.29, 1.82) is 0 Å². The van der Waals surface area contributed by atoms with Crippen LogP contribution in [0.2, 0.25) is 0 Å². The van der Waals surface area contributed by atoms with E-state index in [0.717, 1.165) is 17.1 Å². The van der Waals surface area contributed by atoms with Crippen LogP contribution in [0.4, 0.5) is 11.5 Å². The number of aromatic nitrogens is 2. The van der Waals surface area contributed by atoms with E-state index >= 15 is 0 Å². The highest BCUT2D eigenvalue weighted by Crippen LogP contribution is 2.36. The lowest BCUT2D eigenvalue weighted by atomic mass is 10.1. The molecule has 0 saturated carbocycles. The molecule has 0 radical (unpaired) electrons. The molecule has 2 N–H and O–H groups in total. The third-order valence-corrected chi connectivity index (χ3v) is 4.57. The highest BCUT2D eigenvalue weighted by Gasteiger charge is 2.26. The van der Waals surface area contributed by atoms with E-state index in [1.54, 1.807) is 36.4 Å². The summed E-state index contributed by atoms with van der Waals surface area (Å²) in [7, 11) is 1.52. The van der Waals surface area contributed by atoms with Crippen molar-refractivity contribution < 1.29 is 19.2 Å². The number of rotatable bonds is 7. The zero-order valence-corrected chi connectivity index (χ0v) is 16.8.